The number of nitrogens with zero attached hydrogens (tertiary/aromatic N) is 2. The minimum Gasteiger partial charge on any atom is -0.387 e. The summed E-state index contributed by atoms with van der Waals surface area (Å²) in [5, 5.41) is 7.58. The van der Waals surface area contributed by atoms with Gasteiger partial charge in [-0.25, -0.2) is 13.6 Å². The molecule has 1 heterocycles. The molecule has 8 heteroatoms. The predicted molar refractivity (Wildman–Crippen MR) is 35.7 cm³/mol. The second kappa shape index (κ2) is 2.15. The molecule has 0 unspecified atom stereocenters. The second-order valence-electron chi connectivity index (χ2n) is 1.49. The Kier molecular flexibility index (Phi) is 1.58. The van der Waals surface area contributed by atoms with Crippen molar-refractivity contribution in [3.63, 3.8) is 0 Å². The van der Waals surface area contributed by atoms with Crippen molar-refractivity contribution in [1.82, 2.24) is 9.59 Å². The maximum atomic E-state index is 10.5. The third kappa shape index (κ3) is 1.23. The molecule has 0 aliphatic carbocycles. The van der Waals surface area contributed by atoms with E-state index < -0.39 is 10.0 Å². The van der Waals surface area contributed by atoms with E-state index in [0.29, 0.717) is 0 Å². The summed E-state index contributed by atoms with van der Waals surface area (Å²) in [6, 6.07) is 0. The number of aromatic nitrogens is 2. The van der Waals surface area contributed by atoms with Gasteiger partial charge in [0.1, 0.15) is 5.00 Å². The Labute approximate surface area is 61.1 Å². The highest BCUT2D eigenvalue weighted by Gasteiger charge is 2.15. The molecule has 0 fully saturated rings. The highest BCUT2D eigenvalue weighted by Crippen LogP contribution is 2.15. The molecule has 0 saturated carbocycles. The number of hydrogen-bond donors (Lipinski definition) is 2. The van der Waals surface area contributed by atoms with Crippen molar-refractivity contribution in [2.45, 2.75) is 5.03 Å². The van der Waals surface area contributed by atoms with Crippen molar-refractivity contribution < 1.29 is 8.42 Å². The Bertz CT molecular complexity index is 327. The van der Waals surface area contributed by atoms with Crippen molar-refractivity contribution >= 4 is 26.6 Å². The maximum absolute atomic E-state index is 10.5. The van der Waals surface area contributed by atoms with Crippen LogP contribution < -0.4 is 10.9 Å². The monoisotopic (exact) mass is 180 g/mol. The van der Waals surface area contributed by atoms with Crippen molar-refractivity contribution in [2.24, 2.45) is 5.14 Å². The second-order valence-corrected chi connectivity index (χ2v) is 3.75. The lowest BCUT2D eigenvalue weighted by atomic mass is 10.9. The Hall–Kier alpha value is -0.730. The topological polar surface area (TPSA) is 112 Å². The van der Waals surface area contributed by atoms with E-state index in [-0.39, 0.29) is 10.0 Å². The number of nitrogen functional groups attached to an aromatic ring is 1. The molecule has 0 aromatic carbocycles. The van der Waals surface area contributed by atoms with Crippen LogP contribution in [0.25, 0.3) is 0 Å². The summed E-state index contributed by atoms with van der Waals surface area (Å²) in [6.45, 7) is 0. The lowest BCUT2D eigenvalue weighted by molar-refractivity contribution is 0.594. The summed E-state index contributed by atoms with van der Waals surface area (Å²) in [7, 11) is -3.78. The Balaban J connectivity index is 3.32. The third-order valence-corrected chi connectivity index (χ3v) is 2.27. The summed E-state index contributed by atoms with van der Waals surface area (Å²) in [5.74, 6) is 0. The average molecular weight is 180 g/mol. The van der Waals surface area contributed by atoms with Gasteiger partial charge in [-0.05, 0) is 0 Å². The average Bonchev–Trinajstić information content (AvgIpc) is 2.11. The van der Waals surface area contributed by atoms with Gasteiger partial charge in [0.05, 0.1) is 0 Å². The van der Waals surface area contributed by atoms with Crippen LogP contribution in [0, 0.1) is 0 Å². The van der Waals surface area contributed by atoms with Crippen molar-refractivity contribution in [1.29, 1.82) is 0 Å². The summed E-state index contributed by atoms with van der Waals surface area (Å²) in [4.78, 5) is 0. The lowest BCUT2D eigenvalue weighted by Gasteiger charge is -1.88. The SMILES string of the molecule is Nc1snnc1S(N)(=O)=O. The van der Waals surface area contributed by atoms with Crippen molar-refractivity contribution in [2.75, 3.05) is 5.73 Å². The summed E-state index contributed by atoms with van der Waals surface area (Å²) >= 11 is 0.789. The molecular formula is C2H4N4O2S2. The first-order chi connectivity index (χ1) is 4.52. The van der Waals surface area contributed by atoms with Crippen molar-refractivity contribution in [3.05, 3.63) is 0 Å². The van der Waals surface area contributed by atoms with Crippen LogP contribution in [0.15, 0.2) is 5.03 Å². The highest BCUT2D eigenvalue weighted by molar-refractivity contribution is 7.89. The van der Waals surface area contributed by atoms with Gasteiger partial charge < -0.3 is 5.73 Å². The molecule has 0 amide bonds. The first-order valence-electron chi connectivity index (χ1n) is 2.12. The van der Waals surface area contributed by atoms with Gasteiger partial charge >= 0.3 is 0 Å². The molecule has 0 bridgehead atoms. The number of hydrogen-bond acceptors (Lipinski definition) is 6. The smallest absolute Gasteiger partial charge is 0.260 e. The minimum atomic E-state index is -3.78. The molecule has 0 spiro atoms. The molecule has 6 nitrogen and oxygen atoms in total. The van der Waals surface area contributed by atoms with E-state index in [9.17, 15) is 8.42 Å². The molecule has 56 valence electrons. The van der Waals surface area contributed by atoms with Gasteiger partial charge in [-0.3, -0.25) is 0 Å². The van der Waals surface area contributed by atoms with Crippen LogP contribution >= 0.6 is 11.5 Å². The quantitative estimate of drug-likeness (QED) is 0.561. The van der Waals surface area contributed by atoms with Gasteiger partial charge in [0.25, 0.3) is 10.0 Å². The zero-order valence-corrected chi connectivity index (χ0v) is 6.32. The Morgan fingerprint density at radius 3 is 2.30 bits per heavy atom. The molecular weight excluding hydrogens is 176 g/mol. The lowest BCUT2D eigenvalue weighted by Crippen LogP contribution is -2.14. The molecule has 4 N–H and O–H groups in total. The van der Waals surface area contributed by atoms with Crippen LogP contribution in [0.5, 0.6) is 0 Å². The summed E-state index contributed by atoms with van der Waals surface area (Å²) in [5.41, 5.74) is 5.16. The minimum absolute atomic E-state index is 0.0162. The Morgan fingerprint density at radius 1 is 1.50 bits per heavy atom. The fraction of sp³-hybridized carbons (Fsp3) is 0. The van der Waals surface area contributed by atoms with Crippen LogP contribution in [-0.4, -0.2) is 18.0 Å². The first kappa shape index (κ1) is 7.38. The van der Waals surface area contributed by atoms with Crippen LogP contribution in [0.2, 0.25) is 0 Å². The molecule has 0 aliphatic heterocycles. The number of primary sulfonamides is 1. The summed E-state index contributed by atoms with van der Waals surface area (Å²) in [6.07, 6.45) is 0. The van der Waals surface area contributed by atoms with E-state index in [4.69, 9.17) is 10.9 Å². The van der Waals surface area contributed by atoms with Crippen LogP contribution in [0.4, 0.5) is 5.00 Å². The molecule has 0 saturated heterocycles. The molecule has 1 aromatic rings. The van der Waals surface area contributed by atoms with Crippen LogP contribution in [0.3, 0.4) is 0 Å². The van der Waals surface area contributed by atoms with Gasteiger partial charge in [0.15, 0.2) is 0 Å². The normalized spacial score (nSPS) is 11.7. The number of sulfonamides is 1. The zero-order chi connectivity index (χ0) is 7.78. The molecule has 1 rings (SSSR count). The summed E-state index contributed by atoms with van der Waals surface area (Å²) < 4.78 is 24.3. The molecule has 1 aromatic heterocycles. The number of rotatable bonds is 1. The standard InChI is InChI=1S/C2H4N4O2S2/c3-1-2(5-6-9-1)10(4,7)8/h3H2,(H2,4,7,8). The molecule has 0 atom stereocenters. The van der Waals surface area contributed by atoms with Gasteiger partial charge in [-0.15, -0.1) is 5.10 Å². The van der Waals surface area contributed by atoms with E-state index in [1.807, 2.05) is 0 Å². The van der Waals surface area contributed by atoms with Gasteiger partial charge in [0.2, 0.25) is 5.03 Å². The maximum Gasteiger partial charge on any atom is 0.260 e. The van der Waals surface area contributed by atoms with E-state index in [0.717, 1.165) is 11.5 Å². The van der Waals surface area contributed by atoms with E-state index in [1.54, 1.807) is 0 Å². The largest absolute Gasteiger partial charge is 0.387 e. The van der Waals surface area contributed by atoms with E-state index >= 15 is 0 Å². The molecule has 0 aliphatic rings. The number of anilines is 1. The molecule has 10 heavy (non-hydrogen) atoms. The van der Waals surface area contributed by atoms with Crippen molar-refractivity contribution in [3.8, 4) is 0 Å². The van der Waals surface area contributed by atoms with E-state index in [2.05, 4.69) is 9.59 Å². The van der Waals surface area contributed by atoms with Gasteiger partial charge in [0, 0.05) is 11.5 Å². The van der Waals surface area contributed by atoms with Crippen LogP contribution in [0.1, 0.15) is 0 Å². The van der Waals surface area contributed by atoms with E-state index in [1.165, 1.54) is 0 Å². The fourth-order valence-electron chi connectivity index (χ4n) is 0.387. The molecule has 0 radical (unpaired) electrons. The highest BCUT2D eigenvalue weighted by atomic mass is 32.2. The predicted octanol–water partition coefficient (Wildman–Crippen LogP) is -1.23. The zero-order valence-electron chi connectivity index (χ0n) is 4.68. The Morgan fingerprint density at radius 2 is 2.10 bits per heavy atom. The fourth-order valence-corrected chi connectivity index (χ4v) is 1.66. The van der Waals surface area contributed by atoms with Gasteiger partial charge in [-0.1, -0.05) is 4.49 Å². The van der Waals surface area contributed by atoms with Crippen LogP contribution in [-0.2, 0) is 10.0 Å². The number of nitrogens with two attached hydrogens (primary N) is 2. The van der Waals surface area contributed by atoms with Gasteiger partial charge in [-0.2, -0.15) is 0 Å². The third-order valence-electron chi connectivity index (χ3n) is 0.751. The first-order valence-corrected chi connectivity index (χ1v) is 4.44.